The molecule has 26 heavy (non-hydrogen) atoms. The maximum atomic E-state index is 12.5. The number of ether oxygens (including phenoxy) is 1. The lowest BCUT2D eigenvalue weighted by atomic mass is 10.1. The van der Waals surface area contributed by atoms with E-state index in [2.05, 4.69) is 10.6 Å². The van der Waals surface area contributed by atoms with Gasteiger partial charge in [-0.05, 0) is 30.5 Å². The quantitative estimate of drug-likeness (QED) is 0.682. The molecule has 5 nitrogen and oxygen atoms in total. The van der Waals surface area contributed by atoms with Crippen molar-refractivity contribution in [1.29, 1.82) is 0 Å². The Balaban J connectivity index is 1.72. The van der Waals surface area contributed by atoms with E-state index in [0.29, 0.717) is 16.9 Å². The van der Waals surface area contributed by atoms with Crippen LogP contribution in [0.3, 0.4) is 0 Å². The minimum atomic E-state index is -0.925. The van der Waals surface area contributed by atoms with E-state index in [0.717, 1.165) is 10.8 Å². The lowest BCUT2D eigenvalue weighted by Crippen LogP contribution is -2.30. The lowest BCUT2D eigenvalue weighted by molar-refractivity contribution is -0.123. The number of rotatable bonds is 5. The van der Waals surface area contributed by atoms with Gasteiger partial charge in [-0.15, -0.1) is 0 Å². The van der Waals surface area contributed by atoms with Crippen molar-refractivity contribution in [2.24, 2.45) is 0 Å². The molecule has 3 aromatic carbocycles. The first-order chi connectivity index (χ1) is 12.6. The molecular weight excluding hydrogens is 328 g/mol. The van der Waals surface area contributed by atoms with Crippen LogP contribution in [0.4, 0.5) is 11.4 Å². The molecule has 0 heterocycles. The van der Waals surface area contributed by atoms with E-state index in [1.165, 1.54) is 0 Å². The van der Waals surface area contributed by atoms with Crippen LogP contribution in [0.25, 0.3) is 10.8 Å². The summed E-state index contributed by atoms with van der Waals surface area (Å²) >= 11 is 0. The van der Waals surface area contributed by atoms with Crippen molar-refractivity contribution in [2.45, 2.75) is 13.0 Å². The summed E-state index contributed by atoms with van der Waals surface area (Å²) in [6.07, 6.45) is -0.925. The Morgan fingerprint density at radius 3 is 2.35 bits per heavy atom. The van der Waals surface area contributed by atoms with Crippen molar-refractivity contribution in [2.75, 3.05) is 17.7 Å². The first-order valence-electron chi connectivity index (χ1n) is 8.36. The number of para-hydroxylation sites is 1. The summed E-state index contributed by atoms with van der Waals surface area (Å²) in [4.78, 5) is 24.8. The number of fused-ring (bicyclic) bond motifs is 1. The van der Waals surface area contributed by atoms with Gasteiger partial charge in [0.05, 0.1) is 5.56 Å². The summed E-state index contributed by atoms with van der Waals surface area (Å²) < 4.78 is 5.33. The van der Waals surface area contributed by atoms with Crippen LogP contribution in [-0.2, 0) is 9.53 Å². The highest BCUT2D eigenvalue weighted by atomic mass is 16.5. The zero-order valence-electron chi connectivity index (χ0n) is 14.7. The number of amides is 1. The third-order valence-electron chi connectivity index (χ3n) is 4.12. The van der Waals surface area contributed by atoms with Gasteiger partial charge >= 0.3 is 5.97 Å². The van der Waals surface area contributed by atoms with Crippen molar-refractivity contribution >= 4 is 34.0 Å². The SMILES string of the molecule is CNc1ccccc1C(=O)O[C@H](C)C(=O)Nc1cccc2ccccc12. The smallest absolute Gasteiger partial charge is 0.341 e. The third-order valence-corrected chi connectivity index (χ3v) is 4.12. The largest absolute Gasteiger partial charge is 0.449 e. The molecule has 0 spiro atoms. The number of carbonyl (C=O) groups is 2. The van der Waals surface area contributed by atoms with E-state index in [9.17, 15) is 9.59 Å². The monoisotopic (exact) mass is 348 g/mol. The molecular formula is C21H20N2O3. The number of carbonyl (C=O) groups excluding carboxylic acids is 2. The first kappa shape index (κ1) is 17.5. The maximum absolute atomic E-state index is 12.5. The molecule has 5 heteroatoms. The standard InChI is InChI=1S/C21H20N2O3/c1-14(26-21(25)17-11-5-6-12-18(17)22-2)20(24)23-19-13-7-9-15-8-3-4-10-16(15)19/h3-14,22H,1-2H3,(H,23,24)/t14-/m1/s1. The molecule has 0 saturated carbocycles. The Kier molecular flexibility index (Phi) is 5.17. The van der Waals surface area contributed by atoms with Crippen LogP contribution in [0.1, 0.15) is 17.3 Å². The molecule has 3 aromatic rings. The highest BCUT2D eigenvalue weighted by Gasteiger charge is 2.21. The molecule has 132 valence electrons. The average Bonchev–Trinajstić information content (AvgIpc) is 2.68. The Morgan fingerprint density at radius 2 is 1.54 bits per heavy atom. The number of esters is 1. The van der Waals surface area contributed by atoms with Crippen LogP contribution < -0.4 is 10.6 Å². The molecule has 0 aromatic heterocycles. The van der Waals surface area contributed by atoms with Gasteiger partial charge in [-0.2, -0.15) is 0 Å². The van der Waals surface area contributed by atoms with E-state index in [1.807, 2.05) is 48.5 Å². The molecule has 0 aliphatic heterocycles. The Bertz CT molecular complexity index is 947. The number of anilines is 2. The van der Waals surface area contributed by atoms with E-state index in [4.69, 9.17) is 4.74 Å². The van der Waals surface area contributed by atoms with Crippen LogP contribution in [0.2, 0.25) is 0 Å². The Labute approximate surface area is 152 Å². The molecule has 1 atom stereocenters. The fourth-order valence-corrected chi connectivity index (χ4v) is 2.73. The number of hydrogen-bond acceptors (Lipinski definition) is 4. The molecule has 0 fully saturated rings. The van der Waals surface area contributed by atoms with Crippen LogP contribution in [-0.4, -0.2) is 25.0 Å². The molecule has 2 N–H and O–H groups in total. The topological polar surface area (TPSA) is 67.4 Å². The Hall–Kier alpha value is -3.34. The van der Waals surface area contributed by atoms with Gasteiger partial charge in [0.25, 0.3) is 5.91 Å². The summed E-state index contributed by atoms with van der Waals surface area (Å²) in [6.45, 7) is 1.56. The fraction of sp³-hybridized carbons (Fsp3) is 0.143. The first-order valence-corrected chi connectivity index (χ1v) is 8.36. The van der Waals surface area contributed by atoms with Crippen molar-refractivity contribution < 1.29 is 14.3 Å². The minimum absolute atomic E-state index is 0.378. The van der Waals surface area contributed by atoms with Crippen molar-refractivity contribution in [3.05, 3.63) is 72.3 Å². The highest BCUT2D eigenvalue weighted by molar-refractivity contribution is 6.04. The average molecular weight is 348 g/mol. The molecule has 0 aliphatic carbocycles. The van der Waals surface area contributed by atoms with E-state index >= 15 is 0 Å². The van der Waals surface area contributed by atoms with Gasteiger partial charge in [-0.25, -0.2) is 4.79 Å². The molecule has 0 unspecified atom stereocenters. The van der Waals surface area contributed by atoms with Crippen LogP contribution in [0.5, 0.6) is 0 Å². The second kappa shape index (κ2) is 7.70. The normalized spacial score (nSPS) is 11.6. The Morgan fingerprint density at radius 1 is 0.885 bits per heavy atom. The second-order valence-electron chi connectivity index (χ2n) is 5.86. The molecule has 0 bridgehead atoms. The van der Waals surface area contributed by atoms with E-state index in [1.54, 1.807) is 32.2 Å². The predicted molar refractivity (Wildman–Crippen MR) is 103 cm³/mol. The van der Waals surface area contributed by atoms with Gasteiger partial charge in [0, 0.05) is 23.8 Å². The van der Waals surface area contributed by atoms with Gasteiger partial charge in [-0.1, -0.05) is 48.5 Å². The van der Waals surface area contributed by atoms with Gasteiger partial charge < -0.3 is 15.4 Å². The van der Waals surface area contributed by atoms with Crippen LogP contribution in [0, 0.1) is 0 Å². The molecule has 0 saturated heterocycles. The minimum Gasteiger partial charge on any atom is -0.449 e. The number of nitrogens with one attached hydrogen (secondary N) is 2. The van der Waals surface area contributed by atoms with Gasteiger partial charge in [0.15, 0.2) is 6.10 Å². The number of benzene rings is 3. The van der Waals surface area contributed by atoms with Gasteiger partial charge in [0.2, 0.25) is 0 Å². The van der Waals surface area contributed by atoms with Crippen LogP contribution in [0.15, 0.2) is 66.7 Å². The fourth-order valence-electron chi connectivity index (χ4n) is 2.73. The summed E-state index contributed by atoms with van der Waals surface area (Å²) in [5.74, 6) is -0.924. The van der Waals surface area contributed by atoms with Gasteiger partial charge in [-0.3, -0.25) is 4.79 Å². The van der Waals surface area contributed by atoms with Gasteiger partial charge in [0.1, 0.15) is 0 Å². The molecule has 3 rings (SSSR count). The van der Waals surface area contributed by atoms with Crippen molar-refractivity contribution in [3.8, 4) is 0 Å². The summed E-state index contributed by atoms with van der Waals surface area (Å²) in [7, 11) is 1.72. The van der Waals surface area contributed by atoms with E-state index < -0.39 is 12.1 Å². The molecule has 1 amide bonds. The van der Waals surface area contributed by atoms with E-state index in [-0.39, 0.29) is 5.91 Å². The highest BCUT2D eigenvalue weighted by Crippen LogP contribution is 2.23. The van der Waals surface area contributed by atoms with Crippen LogP contribution >= 0.6 is 0 Å². The number of hydrogen-bond donors (Lipinski definition) is 2. The maximum Gasteiger partial charge on any atom is 0.341 e. The second-order valence-corrected chi connectivity index (χ2v) is 5.86. The molecule has 0 aliphatic rings. The summed E-state index contributed by atoms with van der Waals surface area (Å²) in [5.41, 5.74) is 1.73. The predicted octanol–water partition coefficient (Wildman–Crippen LogP) is 4.07. The van der Waals surface area contributed by atoms with Crippen molar-refractivity contribution in [1.82, 2.24) is 0 Å². The zero-order valence-corrected chi connectivity index (χ0v) is 14.7. The molecule has 0 radical (unpaired) electrons. The third kappa shape index (κ3) is 3.67. The summed E-state index contributed by atoms with van der Waals surface area (Å²) in [6, 6.07) is 20.4. The zero-order chi connectivity index (χ0) is 18.5. The lowest BCUT2D eigenvalue weighted by Gasteiger charge is -2.16. The summed E-state index contributed by atoms with van der Waals surface area (Å²) in [5, 5.41) is 7.73. The van der Waals surface area contributed by atoms with Crippen molar-refractivity contribution in [3.63, 3.8) is 0 Å².